The van der Waals surface area contributed by atoms with E-state index in [2.05, 4.69) is 15.0 Å². The highest BCUT2D eigenvalue weighted by molar-refractivity contribution is 6.31. The smallest absolute Gasteiger partial charge is 0.258 e. The van der Waals surface area contributed by atoms with Crippen LogP contribution in [0.2, 0.25) is 5.02 Å². The van der Waals surface area contributed by atoms with Crippen molar-refractivity contribution in [1.82, 2.24) is 19.9 Å². The molecule has 0 radical (unpaired) electrons. The van der Waals surface area contributed by atoms with E-state index in [4.69, 9.17) is 16.0 Å². The zero-order valence-corrected chi connectivity index (χ0v) is 18.7. The van der Waals surface area contributed by atoms with Gasteiger partial charge in [0.2, 0.25) is 5.91 Å². The minimum atomic E-state index is -0.328. The molecule has 7 nitrogen and oxygen atoms in total. The summed E-state index contributed by atoms with van der Waals surface area (Å²) in [5.74, 6) is 0.898. The molecule has 4 aromatic rings. The Morgan fingerprint density at radius 1 is 1.21 bits per heavy atom. The van der Waals surface area contributed by atoms with Gasteiger partial charge in [0.1, 0.15) is 11.6 Å². The third kappa shape index (κ3) is 5.46. The van der Waals surface area contributed by atoms with Gasteiger partial charge in [-0.05, 0) is 48.9 Å². The predicted octanol–water partition coefficient (Wildman–Crippen LogP) is 4.74. The Hall–Kier alpha value is -3.52. The second kappa shape index (κ2) is 9.95. The van der Waals surface area contributed by atoms with Crippen LogP contribution in [0.25, 0.3) is 22.2 Å². The van der Waals surface area contributed by atoms with Crippen LogP contribution in [0.3, 0.4) is 0 Å². The number of carbonyl (C=O) groups excluding carboxylic acids is 1. The molecule has 9 heteroatoms. The molecule has 2 heterocycles. The first-order chi connectivity index (χ1) is 15.9. The maximum Gasteiger partial charge on any atom is 0.258 e. The Morgan fingerprint density at radius 3 is 2.76 bits per heavy atom. The Kier molecular flexibility index (Phi) is 6.84. The largest absolute Gasteiger partial charge is 0.441 e. The van der Waals surface area contributed by atoms with Gasteiger partial charge in [0.15, 0.2) is 11.7 Å². The van der Waals surface area contributed by atoms with E-state index in [0.717, 1.165) is 6.42 Å². The third-order valence-corrected chi connectivity index (χ3v) is 5.37. The molecular formula is C24H22ClFN4O3. The van der Waals surface area contributed by atoms with Gasteiger partial charge in [-0.25, -0.2) is 14.4 Å². The van der Waals surface area contributed by atoms with Crippen LogP contribution in [0, 0.1) is 5.82 Å². The summed E-state index contributed by atoms with van der Waals surface area (Å²) in [6.45, 7) is 2.67. The molecule has 0 aliphatic rings. The molecule has 0 saturated heterocycles. The van der Waals surface area contributed by atoms with Crippen molar-refractivity contribution in [3.05, 3.63) is 81.6 Å². The van der Waals surface area contributed by atoms with Gasteiger partial charge in [-0.3, -0.25) is 9.59 Å². The van der Waals surface area contributed by atoms with Crippen LogP contribution in [0.1, 0.15) is 31.5 Å². The Labute approximate surface area is 194 Å². The van der Waals surface area contributed by atoms with Crippen LogP contribution >= 0.6 is 11.6 Å². The molecule has 1 N–H and O–H groups in total. The van der Waals surface area contributed by atoms with E-state index in [-0.39, 0.29) is 30.2 Å². The number of benzene rings is 2. The molecule has 170 valence electrons. The summed E-state index contributed by atoms with van der Waals surface area (Å²) in [6.07, 6.45) is 2.82. The number of hydrogen-bond donors (Lipinski definition) is 1. The molecule has 33 heavy (non-hydrogen) atoms. The van der Waals surface area contributed by atoms with Crippen LogP contribution < -0.4 is 5.56 Å². The molecule has 0 aliphatic carbocycles. The number of carbonyl (C=O) groups is 1. The predicted molar refractivity (Wildman–Crippen MR) is 123 cm³/mol. The monoisotopic (exact) mass is 468 g/mol. The lowest BCUT2D eigenvalue weighted by Crippen LogP contribution is -2.33. The van der Waals surface area contributed by atoms with Gasteiger partial charge >= 0.3 is 0 Å². The van der Waals surface area contributed by atoms with Crippen molar-refractivity contribution in [2.24, 2.45) is 0 Å². The summed E-state index contributed by atoms with van der Waals surface area (Å²) in [7, 11) is 0. The van der Waals surface area contributed by atoms with Gasteiger partial charge in [-0.2, -0.15) is 0 Å². The minimum Gasteiger partial charge on any atom is -0.441 e. The summed E-state index contributed by atoms with van der Waals surface area (Å²) in [5.41, 5.74) is 0.919. The number of halogens is 2. The second-order valence-corrected chi connectivity index (χ2v) is 8.05. The quantitative estimate of drug-likeness (QED) is 0.403. The molecule has 1 amide bonds. The fraction of sp³-hybridized carbons (Fsp3) is 0.250. The summed E-state index contributed by atoms with van der Waals surface area (Å²) in [6, 6.07) is 10.8. The van der Waals surface area contributed by atoms with Gasteiger partial charge < -0.3 is 14.3 Å². The van der Waals surface area contributed by atoms with Crippen molar-refractivity contribution >= 4 is 28.4 Å². The number of aromatic nitrogens is 3. The topological polar surface area (TPSA) is 92.1 Å². The number of aryl methyl sites for hydroxylation is 1. The Morgan fingerprint density at radius 2 is 2.00 bits per heavy atom. The van der Waals surface area contributed by atoms with Crippen molar-refractivity contribution in [1.29, 1.82) is 0 Å². The highest BCUT2D eigenvalue weighted by Gasteiger charge is 2.17. The van der Waals surface area contributed by atoms with Crippen molar-refractivity contribution in [3.63, 3.8) is 0 Å². The number of rotatable bonds is 8. The normalized spacial score (nSPS) is 11.1. The van der Waals surface area contributed by atoms with Gasteiger partial charge in [0, 0.05) is 30.0 Å². The van der Waals surface area contributed by atoms with Crippen LogP contribution in [0.15, 0.2) is 57.9 Å². The van der Waals surface area contributed by atoms with E-state index in [0.29, 0.717) is 51.9 Å². The summed E-state index contributed by atoms with van der Waals surface area (Å²) < 4.78 is 18.8. The lowest BCUT2D eigenvalue weighted by Gasteiger charge is -2.21. The number of hydrogen-bond acceptors (Lipinski definition) is 5. The van der Waals surface area contributed by atoms with Crippen LogP contribution in [-0.4, -0.2) is 32.3 Å². The van der Waals surface area contributed by atoms with Gasteiger partial charge in [0.05, 0.1) is 23.6 Å². The molecule has 2 aromatic heterocycles. The molecular weight excluding hydrogens is 447 g/mol. The minimum absolute atomic E-state index is 0.104. The molecule has 0 atom stereocenters. The summed E-state index contributed by atoms with van der Waals surface area (Å²) in [5, 5.41) is 0.927. The Balaban J connectivity index is 1.44. The number of nitrogens with zero attached hydrogens (tertiary/aromatic N) is 3. The van der Waals surface area contributed by atoms with Crippen LogP contribution in [-0.2, 0) is 17.8 Å². The highest BCUT2D eigenvalue weighted by atomic mass is 35.5. The fourth-order valence-corrected chi connectivity index (χ4v) is 3.69. The van der Waals surface area contributed by atoms with Gasteiger partial charge in [0.25, 0.3) is 5.56 Å². The van der Waals surface area contributed by atoms with E-state index >= 15 is 0 Å². The van der Waals surface area contributed by atoms with Gasteiger partial charge in [-0.15, -0.1) is 0 Å². The van der Waals surface area contributed by atoms with E-state index in [9.17, 15) is 14.0 Å². The number of aromatic amines is 1. The molecule has 0 fully saturated rings. The first-order valence-electron chi connectivity index (χ1n) is 10.6. The average Bonchev–Trinajstić information content (AvgIpc) is 3.26. The number of H-pyrrole nitrogens is 1. The summed E-state index contributed by atoms with van der Waals surface area (Å²) >= 11 is 6.03. The van der Waals surface area contributed by atoms with E-state index in [1.54, 1.807) is 41.4 Å². The van der Waals surface area contributed by atoms with Crippen molar-refractivity contribution < 1.29 is 13.6 Å². The fourth-order valence-electron chi connectivity index (χ4n) is 3.52. The van der Waals surface area contributed by atoms with E-state index < -0.39 is 0 Å². The lowest BCUT2D eigenvalue weighted by molar-refractivity contribution is -0.132. The molecule has 4 rings (SSSR count). The number of fused-ring (bicyclic) bond motifs is 1. The molecule has 0 saturated carbocycles. The first-order valence-corrected chi connectivity index (χ1v) is 11.0. The van der Waals surface area contributed by atoms with Crippen LogP contribution in [0.4, 0.5) is 4.39 Å². The van der Waals surface area contributed by atoms with Crippen molar-refractivity contribution in [3.8, 4) is 11.3 Å². The zero-order chi connectivity index (χ0) is 23.4. The molecule has 0 bridgehead atoms. The Bertz CT molecular complexity index is 1330. The summed E-state index contributed by atoms with van der Waals surface area (Å²) in [4.78, 5) is 38.4. The highest BCUT2D eigenvalue weighted by Crippen LogP contribution is 2.21. The lowest BCUT2D eigenvalue weighted by atomic mass is 10.2. The van der Waals surface area contributed by atoms with E-state index in [1.807, 2.05) is 6.92 Å². The zero-order valence-electron chi connectivity index (χ0n) is 18.0. The molecule has 0 aliphatic heterocycles. The molecule has 2 aromatic carbocycles. The first kappa shape index (κ1) is 22.7. The SMILES string of the molecule is CCCN(Cc1nc2cc(Cl)ccc2c(=O)[nH]1)C(=O)CCc1ncc(-c2ccc(F)cc2)o1. The van der Waals surface area contributed by atoms with Crippen LogP contribution in [0.5, 0.6) is 0 Å². The van der Waals surface area contributed by atoms with Gasteiger partial charge in [-0.1, -0.05) is 18.5 Å². The van der Waals surface area contributed by atoms with Crippen molar-refractivity contribution in [2.75, 3.05) is 6.54 Å². The maximum absolute atomic E-state index is 13.1. The number of amides is 1. The standard InChI is InChI=1S/C24H22ClFN4O3/c1-2-11-30(14-21-28-19-12-16(25)5-8-18(19)24(32)29-21)23(31)10-9-22-27-13-20(33-22)15-3-6-17(26)7-4-15/h3-8,12-13H,2,9-11,14H2,1H3,(H,28,29,32). The molecule has 0 spiro atoms. The van der Waals surface area contributed by atoms with Crippen molar-refractivity contribution in [2.45, 2.75) is 32.7 Å². The maximum atomic E-state index is 13.1. The third-order valence-electron chi connectivity index (χ3n) is 5.14. The number of oxazole rings is 1. The average molecular weight is 469 g/mol. The van der Waals surface area contributed by atoms with E-state index in [1.165, 1.54) is 12.1 Å². The second-order valence-electron chi connectivity index (χ2n) is 7.61. The molecule has 0 unspecified atom stereocenters. The number of nitrogens with one attached hydrogen (secondary N) is 1.